The second-order valence-corrected chi connectivity index (χ2v) is 7.11. The van der Waals surface area contributed by atoms with Crippen molar-refractivity contribution in [1.29, 1.82) is 0 Å². The van der Waals surface area contributed by atoms with Crippen LogP contribution in [0.5, 0.6) is 0 Å². The van der Waals surface area contributed by atoms with Crippen LogP contribution in [0.3, 0.4) is 0 Å². The first-order valence-electron chi connectivity index (χ1n) is 9.65. The maximum atomic E-state index is 12.5. The molecule has 3 aromatic carbocycles. The molecule has 0 saturated carbocycles. The van der Waals surface area contributed by atoms with Gasteiger partial charge >= 0.3 is 5.97 Å². The van der Waals surface area contributed by atoms with Crippen molar-refractivity contribution in [2.24, 2.45) is 0 Å². The van der Waals surface area contributed by atoms with Gasteiger partial charge in [0.2, 0.25) is 0 Å². The number of carbonyl (C=O) groups excluding carboxylic acids is 2. The van der Waals surface area contributed by atoms with Crippen LogP contribution in [0.4, 0.5) is 5.69 Å². The molecule has 0 aromatic heterocycles. The van der Waals surface area contributed by atoms with E-state index in [-0.39, 0.29) is 24.9 Å². The number of benzene rings is 3. The fourth-order valence-corrected chi connectivity index (χ4v) is 3.23. The molecule has 0 atom stereocenters. The summed E-state index contributed by atoms with van der Waals surface area (Å²) in [4.78, 5) is 24.7. The normalized spacial score (nSPS) is 10.6. The first kappa shape index (κ1) is 20.3. The lowest BCUT2D eigenvalue weighted by molar-refractivity contribution is -0.147. The Morgan fingerprint density at radius 2 is 1.45 bits per heavy atom. The quantitative estimate of drug-likeness (QED) is 0.580. The summed E-state index contributed by atoms with van der Waals surface area (Å²) in [6, 6.07) is 25.5. The second-order valence-electron chi connectivity index (χ2n) is 7.11. The Hall–Kier alpha value is -3.40. The van der Waals surface area contributed by atoms with E-state index in [0.29, 0.717) is 0 Å². The lowest BCUT2D eigenvalue weighted by atomic mass is 9.89. The number of carbonyl (C=O) groups is 2. The molecule has 148 valence electrons. The minimum atomic E-state index is -0.404. The Morgan fingerprint density at radius 3 is 2.03 bits per heavy atom. The smallest absolute Gasteiger partial charge is 0.307 e. The van der Waals surface area contributed by atoms with Gasteiger partial charge in [0, 0.05) is 11.6 Å². The molecule has 0 spiro atoms. The number of amides is 1. The predicted molar refractivity (Wildman–Crippen MR) is 115 cm³/mol. The maximum absolute atomic E-state index is 12.5. The largest absolute Gasteiger partial charge is 0.456 e. The number of ether oxygens (including phenoxy) is 1. The van der Waals surface area contributed by atoms with Crippen LogP contribution in [0, 0.1) is 13.8 Å². The highest BCUT2D eigenvalue weighted by molar-refractivity contribution is 5.93. The van der Waals surface area contributed by atoms with Crippen LogP contribution in [0.2, 0.25) is 0 Å². The molecule has 1 N–H and O–H groups in total. The van der Waals surface area contributed by atoms with Gasteiger partial charge in [0.25, 0.3) is 5.91 Å². The van der Waals surface area contributed by atoms with Gasteiger partial charge in [-0.1, -0.05) is 72.8 Å². The fourth-order valence-electron chi connectivity index (χ4n) is 3.23. The highest BCUT2D eigenvalue weighted by atomic mass is 16.5. The molecule has 0 fully saturated rings. The Morgan fingerprint density at radius 1 is 0.862 bits per heavy atom. The Labute approximate surface area is 171 Å². The van der Waals surface area contributed by atoms with E-state index < -0.39 is 5.97 Å². The zero-order valence-corrected chi connectivity index (χ0v) is 16.7. The molecule has 0 aliphatic heterocycles. The predicted octanol–water partition coefficient (Wildman–Crippen LogP) is 5.01. The fraction of sp³-hybridized carbons (Fsp3) is 0.200. The molecule has 1 amide bonds. The highest BCUT2D eigenvalue weighted by Crippen LogP contribution is 2.28. The van der Waals surface area contributed by atoms with Gasteiger partial charge in [0.05, 0.1) is 6.42 Å². The molecule has 3 rings (SSSR count). The number of nitrogens with one attached hydrogen (secondary N) is 1. The molecule has 0 saturated heterocycles. The van der Waals surface area contributed by atoms with Crippen LogP contribution < -0.4 is 5.32 Å². The van der Waals surface area contributed by atoms with E-state index in [9.17, 15) is 9.59 Å². The van der Waals surface area contributed by atoms with Gasteiger partial charge in [-0.25, -0.2) is 0 Å². The standard InChI is InChI=1S/C25H25NO3/c1-18-13-14-19(2)23(15-18)26-24(27)17-29-25(28)16-22(20-9-5-3-6-10-20)21-11-7-4-8-12-21/h3-15,22H,16-17H2,1-2H3,(H,26,27). The molecule has 0 heterocycles. The van der Waals surface area contributed by atoms with Crippen molar-refractivity contribution in [2.45, 2.75) is 26.2 Å². The molecule has 0 radical (unpaired) electrons. The lowest BCUT2D eigenvalue weighted by Gasteiger charge is -2.17. The molecular weight excluding hydrogens is 362 g/mol. The third kappa shape index (κ3) is 5.79. The molecule has 4 nitrogen and oxygen atoms in total. The zero-order chi connectivity index (χ0) is 20.6. The van der Waals surface area contributed by atoms with E-state index in [1.807, 2.05) is 92.7 Å². The first-order chi connectivity index (χ1) is 14.0. The lowest BCUT2D eigenvalue weighted by Crippen LogP contribution is -2.22. The molecule has 0 unspecified atom stereocenters. The third-order valence-corrected chi connectivity index (χ3v) is 4.81. The Kier molecular flexibility index (Phi) is 6.80. The van der Waals surface area contributed by atoms with Gasteiger partial charge in [-0.2, -0.15) is 0 Å². The highest BCUT2D eigenvalue weighted by Gasteiger charge is 2.19. The number of hydrogen-bond acceptors (Lipinski definition) is 3. The van der Waals surface area contributed by atoms with E-state index in [1.54, 1.807) is 0 Å². The van der Waals surface area contributed by atoms with Crippen molar-refractivity contribution >= 4 is 17.6 Å². The Balaban J connectivity index is 1.62. The summed E-state index contributed by atoms with van der Waals surface area (Å²) < 4.78 is 5.27. The van der Waals surface area contributed by atoms with Crippen molar-refractivity contribution in [3.8, 4) is 0 Å². The van der Waals surface area contributed by atoms with Crippen LogP contribution >= 0.6 is 0 Å². The van der Waals surface area contributed by atoms with E-state index >= 15 is 0 Å². The molecule has 29 heavy (non-hydrogen) atoms. The molecule has 3 aromatic rings. The van der Waals surface area contributed by atoms with Crippen LogP contribution in [-0.2, 0) is 14.3 Å². The van der Waals surface area contributed by atoms with Crippen molar-refractivity contribution < 1.29 is 14.3 Å². The number of rotatable bonds is 7. The minimum Gasteiger partial charge on any atom is -0.456 e. The number of anilines is 1. The van der Waals surface area contributed by atoms with Crippen molar-refractivity contribution in [2.75, 3.05) is 11.9 Å². The molecular formula is C25H25NO3. The monoisotopic (exact) mass is 387 g/mol. The summed E-state index contributed by atoms with van der Waals surface area (Å²) in [5.74, 6) is -0.867. The van der Waals surface area contributed by atoms with Gasteiger partial charge in [0.15, 0.2) is 6.61 Å². The van der Waals surface area contributed by atoms with Gasteiger partial charge in [-0.3, -0.25) is 9.59 Å². The van der Waals surface area contributed by atoms with E-state index in [0.717, 1.165) is 27.9 Å². The number of aryl methyl sites for hydroxylation is 2. The van der Waals surface area contributed by atoms with Crippen LogP contribution in [0.1, 0.15) is 34.6 Å². The van der Waals surface area contributed by atoms with Crippen molar-refractivity contribution in [3.63, 3.8) is 0 Å². The van der Waals surface area contributed by atoms with Gasteiger partial charge in [-0.05, 0) is 42.2 Å². The summed E-state index contributed by atoms with van der Waals surface area (Å²) in [5.41, 5.74) is 4.82. The summed E-state index contributed by atoms with van der Waals surface area (Å²) in [7, 11) is 0. The Bertz CT molecular complexity index is 928. The van der Waals surface area contributed by atoms with E-state index in [2.05, 4.69) is 5.32 Å². The second kappa shape index (κ2) is 9.69. The number of hydrogen-bond donors (Lipinski definition) is 1. The van der Waals surface area contributed by atoms with Crippen LogP contribution in [-0.4, -0.2) is 18.5 Å². The SMILES string of the molecule is Cc1ccc(C)c(NC(=O)COC(=O)CC(c2ccccc2)c2ccccc2)c1. The topological polar surface area (TPSA) is 55.4 Å². The van der Waals surface area contributed by atoms with Crippen LogP contribution in [0.25, 0.3) is 0 Å². The summed E-state index contributed by atoms with van der Waals surface area (Å²) in [6.07, 6.45) is 0.171. The molecule has 4 heteroatoms. The van der Waals surface area contributed by atoms with Crippen molar-refractivity contribution in [3.05, 3.63) is 101 Å². The maximum Gasteiger partial charge on any atom is 0.307 e. The molecule has 0 bridgehead atoms. The molecule has 0 aliphatic carbocycles. The average molecular weight is 387 g/mol. The van der Waals surface area contributed by atoms with E-state index in [1.165, 1.54) is 0 Å². The van der Waals surface area contributed by atoms with Crippen LogP contribution in [0.15, 0.2) is 78.9 Å². The van der Waals surface area contributed by atoms with Gasteiger partial charge in [0.1, 0.15) is 0 Å². The number of esters is 1. The van der Waals surface area contributed by atoms with Gasteiger partial charge in [-0.15, -0.1) is 0 Å². The third-order valence-electron chi connectivity index (χ3n) is 4.81. The average Bonchev–Trinajstić information content (AvgIpc) is 2.74. The van der Waals surface area contributed by atoms with Crippen molar-refractivity contribution in [1.82, 2.24) is 0 Å². The van der Waals surface area contributed by atoms with E-state index in [4.69, 9.17) is 4.74 Å². The molecule has 0 aliphatic rings. The minimum absolute atomic E-state index is 0.119. The summed E-state index contributed by atoms with van der Waals surface area (Å²) in [6.45, 7) is 3.58. The summed E-state index contributed by atoms with van der Waals surface area (Å²) >= 11 is 0. The first-order valence-corrected chi connectivity index (χ1v) is 9.65. The zero-order valence-electron chi connectivity index (χ0n) is 16.7. The van der Waals surface area contributed by atoms with Gasteiger partial charge < -0.3 is 10.1 Å². The summed E-state index contributed by atoms with van der Waals surface area (Å²) in [5, 5.41) is 2.81.